The lowest BCUT2D eigenvalue weighted by molar-refractivity contribution is -0.121. The maximum atomic E-state index is 11.7. The van der Waals surface area contributed by atoms with Crippen molar-refractivity contribution in [2.75, 3.05) is 20.1 Å². The molecule has 0 amide bonds. The zero-order valence-electron chi connectivity index (χ0n) is 7.80. The van der Waals surface area contributed by atoms with Gasteiger partial charge < -0.3 is 5.73 Å². The lowest BCUT2D eigenvalue weighted by Gasteiger charge is -2.17. The van der Waals surface area contributed by atoms with E-state index >= 15 is 0 Å². The summed E-state index contributed by atoms with van der Waals surface area (Å²) in [6.45, 7) is -2.12. The van der Waals surface area contributed by atoms with Crippen LogP contribution in [-0.4, -0.2) is 44.9 Å². The zero-order valence-corrected chi connectivity index (χ0v) is 8.61. The predicted octanol–water partition coefficient (Wildman–Crippen LogP) is -0.749. The molecular formula is C5H11F3N4O2S. The minimum Gasteiger partial charge on any atom is -0.387 e. The quantitative estimate of drug-likeness (QED) is 0.441. The number of alkyl halides is 3. The monoisotopic (exact) mass is 248 g/mol. The normalized spacial score (nSPS) is 13.1. The van der Waals surface area contributed by atoms with Gasteiger partial charge in [0.05, 0.1) is 6.54 Å². The van der Waals surface area contributed by atoms with Crippen molar-refractivity contribution in [3.8, 4) is 0 Å². The molecule has 0 rings (SSSR count). The van der Waals surface area contributed by atoms with Gasteiger partial charge in [0.1, 0.15) is 12.4 Å². The van der Waals surface area contributed by atoms with Crippen LogP contribution in [0.5, 0.6) is 0 Å². The predicted molar refractivity (Wildman–Crippen MR) is 47.5 cm³/mol. The molecule has 0 saturated heterocycles. The van der Waals surface area contributed by atoms with Crippen LogP contribution in [0.4, 0.5) is 13.2 Å². The average molecular weight is 248 g/mol. The molecule has 0 radical (unpaired) electrons. The van der Waals surface area contributed by atoms with Gasteiger partial charge in [0.25, 0.3) is 10.2 Å². The number of nitrogens with two attached hydrogens (primary N) is 1. The fraction of sp³-hybridized carbons (Fsp3) is 0.800. The Bertz CT molecular complexity index is 326. The number of hydrogen-bond acceptors (Lipinski definition) is 3. The summed E-state index contributed by atoms with van der Waals surface area (Å²) in [5.74, 6) is -0.463. The largest absolute Gasteiger partial charge is 0.402 e. The number of hydrogen-bond donors (Lipinski definition) is 3. The maximum Gasteiger partial charge on any atom is 0.402 e. The lowest BCUT2D eigenvalue weighted by atomic mass is 10.6. The van der Waals surface area contributed by atoms with Crippen LogP contribution in [0, 0.1) is 5.41 Å². The van der Waals surface area contributed by atoms with Crippen LogP contribution in [-0.2, 0) is 10.2 Å². The molecule has 0 aromatic rings. The SMILES string of the molecule is CN(CC(=N)N)S(=O)(=O)NCC(F)(F)F. The molecule has 6 nitrogen and oxygen atoms in total. The van der Waals surface area contributed by atoms with Crippen LogP contribution >= 0.6 is 0 Å². The Labute approximate surface area is 84.9 Å². The lowest BCUT2D eigenvalue weighted by Crippen LogP contribution is -2.45. The molecule has 0 aromatic heterocycles. The summed E-state index contributed by atoms with van der Waals surface area (Å²) in [6.07, 6.45) is -4.62. The molecule has 0 aliphatic heterocycles. The summed E-state index contributed by atoms with van der Waals surface area (Å²) in [7, 11) is -3.23. The molecule has 0 aliphatic carbocycles. The van der Waals surface area contributed by atoms with E-state index in [-0.39, 0.29) is 0 Å². The fourth-order valence-electron chi connectivity index (χ4n) is 0.608. The van der Waals surface area contributed by atoms with Crippen LogP contribution in [0.2, 0.25) is 0 Å². The highest BCUT2D eigenvalue weighted by molar-refractivity contribution is 7.87. The summed E-state index contributed by atoms with van der Waals surface area (Å²) < 4.78 is 59.1. The fourth-order valence-corrected chi connectivity index (χ4v) is 1.48. The standard InChI is InChI=1S/C5H11F3N4O2S/c1-12(2-4(9)10)15(13,14)11-3-5(6,7)8/h11H,2-3H2,1H3,(H3,9,10). The second kappa shape index (κ2) is 4.77. The molecule has 0 unspecified atom stereocenters. The molecule has 0 aromatic carbocycles. The van der Waals surface area contributed by atoms with Gasteiger partial charge in [-0.1, -0.05) is 0 Å². The minimum absolute atomic E-state index is 0.463. The summed E-state index contributed by atoms with van der Waals surface area (Å²) in [5.41, 5.74) is 4.90. The molecule has 15 heavy (non-hydrogen) atoms. The summed E-state index contributed by atoms with van der Waals surface area (Å²) in [6, 6.07) is 0. The van der Waals surface area contributed by atoms with E-state index in [0.29, 0.717) is 4.31 Å². The van der Waals surface area contributed by atoms with Crippen LogP contribution in [0.25, 0.3) is 0 Å². The maximum absolute atomic E-state index is 11.7. The molecule has 0 aliphatic rings. The van der Waals surface area contributed by atoms with Crippen LogP contribution in [0.15, 0.2) is 0 Å². The van der Waals surface area contributed by atoms with Crippen molar-refractivity contribution in [1.29, 1.82) is 5.41 Å². The van der Waals surface area contributed by atoms with Crippen molar-refractivity contribution < 1.29 is 21.6 Å². The number of rotatable bonds is 5. The van der Waals surface area contributed by atoms with E-state index in [1.54, 1.807) is 0 Å². The Hall–Kier alpha value is -0.870. The highest BCUT2D eigenvalue weighted by Gasteiger charge is 2.30. The molecule has 0 heterocycles. The third-order valence-electron chi connectivity index (χ3n) is 1.26. The van der Waals surface area contributed by atoms with E-state index in [1.165, 1.54) is 4.72 Å². The van der Waals surface area contributed by atoms with Crippen LogP contribution in [0.3, 0.4) is 0 Å². The van der Waals surface area contributed by atoms with Gasteiger partial charge >= 0.3 is 6.18 Å². The topological polar surface area (TPSA) is 99.3 Å². The first kappa shape index (κ1) is 14.1. The molecule has 0 spiro atoms. The Morgan fingerprint density at radius 1 is 1.53 bits per heavy atom. The molecular weight excluding hydrogens is 237 g/mol. The van der Waals surface area contributed by atoms with E-state index in [0.717, 1.165) is 7.05 Å². The van der Waals surface area contributed by atoms with Crippen molar-refractivity contribution in [3.05, 3.63) is 0 Å². The molecule has 4 N–H and O–H groups in total. The number of halogens is 3. The zero-order chi connectivity index (χ0) is 12.3. The van der Waals surface area contributed by atoms with Crippen molar-refractivity contribution in [3.63, 3.8) is 0 Å². The van der Waals surface area contributed by atoms with Crippen molar-refractivity contribution in [2.45, 2.75) is 6.18 Å². The summed E-state index contributed by atoms with van der Waals surface area (Å²) in [5, 5.41) is 6.78. The van der Waals surface area contributed by atoms with Gasteiger partial charge in [-0.25, -0.2) is 0 Å². The molecule has 10 heteroatoms. The third kappa shape index (κ3) is 6.25. The van der Waals surface area contributed by atoms with E-state index in [4.69, 9.17) is 11.1 Å². The van der Waals surface area contributed by atoms with E-state index < -0.39 is 35.3 Å². The summed E-state index contributed by atoms with van der Waals surface area (Å²) in [4.78, 5) is 0. The number of nitrogens with one attached hydrogen (secondary N) is 2. The molecule has 0 bridgehead atoms. The van der Waals surface area contributed by atoms with Gasteiger partial charge in [-0.15, -0.1) is 0 Å². The molecule has 0 fully saturated rings. The van der Waals surface area contributed by atoms with Gasteiger partial charge in [-0.2, -0.15) is 30.6 Å². The Kier molecular flexibility index (Phi) is 4.49. The van der Waals surface area contributed by atoms with E-state index in [9.17, 15) is 21.6 Å². The van der Waals surface area contributed by atoms with Gasteiger partial charge in [-0.3, -0.25) is 5.41 Å². The third-order valence-corrected chi connectivity index (χ3v) is 2.72. The van der Waals surface area contributed by atoms with E-state index in [2.05, 4.69) is 0 Å². The number of likely N-dealkylation sites (N-methyl/N-ethyl adjacent to an activating group) is 1. The minimum atomic E-state index is -4.62. The van der Waals surface area contributed by atoms with Crippen LogP contribution < -0.4 is 10.5 Å². The first-order chi connectivity index (χ1) is 6.54. The highest BCUT2D eigenvalue weighted by Crippen LogP contribution is 2.13. The second-order valence-electron chi connectivity index (χ2n) is 2.72. The molecule has 0 saturated carbocycles. The first-order valence-electron chi connectivity index (χ1n) is 3.65. The highest BCUT2D eigenvalue weighted by atomic mass is 32.2. The average Bonchev–Trinajstić information content (AvgIpc) is 1.98. The van der Waals surface area contributed by atoms with Crippen LogP contribution in [0.1, 0.15) is 0 Å². The Morgan fingerprint density at radius 2 is 2.00 bits per heavy atom. The summed E-state index contributed by atoms with van der Waals surface area (Å²) >= 11 is 0. The van der Waals surface area contributed by atoms with E-state index in [1.807, 2.05) is 0 Å². The molecule has 90 valence electrons. The van der Waals surface area contributed by atoms with Gasteiger partial charge in [0.15, 0.2) is 0 Å². The van der Waals surface area contributed by atoms with Gasteiger partial charge in [-0.05, 0) is 0 Å². The van der Waals surface area contributed by atoms with Crippen molar-refractivity contribution >= 4 is 16.0 Å². The number of nitrogens with zero attached hydrogens (tertiary/aromatic N) is 1. The number of amidine groups is 1. The Morgan fingerprint density at radius 3 is 2.33 bits per heavy atom. The molecule has 0 atom stereocenters. The van der Waals surface area contributed by atoms with Gasteiger partial charge in [0, 0.05) is 7.05 Å². The van der Waals surface area contributed by atoms with Crippen molar-refractivity contribution in [2.24, 2.45) is 5.73 Å². The second-order valence-corrected chi connectivity index (χ2v) is 4.58. The smallest absolute Gasteiger partial charge is 0.387 e. The first-order valence-corrected chi connectivity index (χ1v) is 5.09. The van der Waals surface area contributed by atoms with Gasteiger partial charge in [0.2, 0.25) is 0 Å². The van der Waals surface area contributed by atoms with Crippen molar-refractivity contribution in [1.82, 2.24) is 9.03 Å². The Balaban J connectivity index is 4.37.